The first-order valence-electron chi connectivity index (χ1n) is 5.33. The summed E-state index contributed by atoms with van der Waals surface area (Å²) < 4.78 is 0.719. The highest BCUT2D eigenvalue weighted by atomic mass is 32.1. The maximum atomic E-state index is 4.99. The third kappa shape index (κ3) is 3.00. The monoisotopic (exact) mass is 259 g/mol. The summed E-state index contributed by atoms with van der Waals surface area (Å²) in [5.74, 6) is 0. The Hall–Kier alpha value is -0.500. The first-order valence-corrected chi connectivity index (χ1v) is 6.56. The molecule has 7 heteroatoms. The molecule has 5 nitrogen and oxygen atoms in total. The normalized spacial score (nSPS) is 23.5. The average molecular weight is 259 g/mol. The van der Waals surface area contributed by atoms with Gasteiger partial charge in [-0.3, -0.25) is 10.00 Å². The third-order valence-electron chi connectivity index (χ3n) is 2.91. The molecule has 0 bridgehead atoms. The molecule has 1 aromatic heterocycles. The van der Waals surface area contributed by atoms with E-state index in [1.165, 1.54) is 11.3 Å². The van der Waals surface area contributed by atoms with E-state index in [0.717, 1.165) is 35.3 Å². The van der Waals surface area contributed by atoms with Crippen LogP contribution in [0.1, 0.15) is 0 Å². The largest absolute Gasteiger partial charge is 0.358 e. The number of piperazine rings is 1. The molecule has 2 rings (SSSR count). The van der Waals surface area contributed by atoms with E-state index in [1.807, 2.05) is 0 Å². The summed E-state index contributed by atoms with van der Waals surface area (Å²) in [6, 6.07) is 0.538. The number of aromatic nitrogens is 2. The van der Waals surface area contributed by atoms with E-state index in [2.05, 4.69) is 39.4 Å². The van der Waals surface area contributed by atoms with Crippen LogP contribution in [0.5, 0.6) is 0 Å². The molecule has 16 heavy (non-hydrogen) atoms. The van der Waals surface area contributed by atoms with Gasteiger partial charge >= 0.3 is 0 Å². The van der Waals surface area contributed by atoms with Gasteiger partial charge in [0.2, 0.25) is 5.13 Å². The molecule has 1 aliphatic rings. The summed E-state index contributed by atoms with van der Waals surface area (Å²) in [7, 11) is 4.34. The standard InChI is InChI=1S/C9H17N5S2/c1-13-3-4-14(2)7(6-13)5-10-8-11-12-9(15)16-8/h7H,3-6H2,1-2H3,(H,10,11)(H,12,15). The van der Waals surface area contributed by atoms with Crippen LogP contribution >= 0.6 is 23.6 Å². The van der Waals surface area contributed by atoms with Gasteiger partial charge in [-0.05, 0) is 26.3 Å². The van der Waals surface area contributed by atoms with E-state index in [-0.39, 0.29) is 0 Å². The van der Waals surface area contributed by atoms with E-state index in [0.29, 0.717) is 6.04 Å². The van der Waals surface area contributed by atoms with Crippen molar-refractivity contribution in [1.29, 1.82) is 0 Å². The lowest BCUT2D eigenvalue weighted by molar-refractivity contribution is 0.122. The molecule has 0 aliphatic carbocycles. The van der Waals surface area contributed by atoms with Crippen molar-refractivity contribution in [3.63, 3.8) is 0 Å². The van der Waals surface area contributed by atoms with Crippen LogP contribution in [-0.4, -0.2) is 66.3 Å². The van der Waals surface area contributed by atoms with Crippen molar-refractivity contribution >= 4 is 28.7 Å². The van der Waals surface area contributed by atoms with Crippen molar-refractivity contribution in [3.05, 3.63) is 3.95 Å². The van der Waals surface area contributed by atoms with Crippen LogP contribution in [-0.2, 0) is 0 Å². The fourth-order valence-electron chi connectivity index (χ4n) is 1.83. The Labute approximate surface area is 104 Å². The zero-order valence-corrected chi connectivity index (χ0v) is 11.2. The molecule has 0 radical (unpaired) electrons. The molecule has 1 fully saturated rings. The fraction of sp³-hybridized carbons (Fsp3) is 0.778. The SMILES string of the molecule is CN1CCN(C)C(CNc2n[nH]c(=S)s2)C1. The molecular formula is C9H17N5S2. The summed E-state index contributed by atoms with van der Waals surface area (Å²) in [5.41, 5.74) is 0. The van der Waals surface area contributed by atoms with Crippen LogP contribution in [0.3, 0.4) is 0 Å². The van der Waals surface area contributed by atoms with E-state index in [1.54, 1.807) is 0 Å². The van der Waals surface area contributed by atoms with Crippen LogP contribution in [0.2, 0.25) is 0 Å². The van der Waals surface area contributed by atoms with Gasteiger partial charge in [0.15, 0.2) is 3.95 Å². The van der Waals surface area contributed by atoms with E-state index in [9.17, 15) is 0 Å². The minimum Gasteiger partial charge on any atom is -0.358 e. The summed E-state index contributed by atoms with van der Waals surface area (Å²) in [4.78, 5) is 4.75. The number of nitrogens with one attached hydrogen (secondary N) is 2. The smallest absolute Gasteiger partial charge is 0.204 e. The average Bonchev–Trinajstić information content (AvgIpc) is 2.66. The second kappa shape index (κ2) is 5.22. The number of rotatable bonds is 3. The van der Waals surface area contributed by atoms with Crippen LogP contribution in [0.15, 0.2) is 0 Å². The van der Waals surface area contributed by atoms with Crippen LogP contribution < -0.4 is 5.32 Å². The Balaban J connectivity index is 1.86. The lowest BCUT2D eigenvalue weighted by Crippen LogP contribution is -2.52. The minimum atomic E-state index is 0.538. The van der Waals surface area contributed by atoms with Gasteiger partial charge in [0.1, 0.15) is 0 Å². The Morgan fingerprint density at radius 1 is 1.56 bits per heavy atom. The highest BCUT2D eigenvalue weighted by Gasteiger charge is 2.21. The summed E-state index contributed by atoms with van der Waals surface area (Å²) in [6.07, 6.45) is 0. The second-order valence-corrected chi connectivity index (χ2v) is 5.86. The number of hydrogen-bond donors (Lipinski definition) is 2. The van der Waals surface area contributed by atoms with E-state index >= 15 is 0 Å². The Bertz CT molecular complexity index is 387. The topological polar surface area (TPSA) is 47.2 Å². The predicted octanol–water partition coefficient (Wildman–Crippen LogP) is 0.858. The van der Waals surface area contributed by atoms with Crippen molar-refractivity contribution in [3.8, 4) is 0 Å². The number of anilines is 1. The van der Waals surface area contributed by atoms with Crippen LogP contribution in [0.25, 0.3) is 0 Å². The predicted molar refractivity (Wildman–Crippen MR) is 69.7 cm³/mol. The van der Waals surface area contributed by atoms with Gasteiger partial charge in [-0.25, -0.2) is 0 Å². The van der Waals surface area contributed by atoms with Crippen LogP contribution in [0.4, 0.5) is 5.13 Å². The molecule has 2 heterocycles. The molecular weight excluding hydrogens is 242 g/mol. The molecule has 1 aromatic rings. The number of H-pyrrole nitrogens is 1. The first-order chi connectivity index (χ1) is 7.65. The quantitative estimate of drug-likeness (QED) is 0.788. The third-order valence-corrected chi connectivity index (χ3v) is 3.95. The zero-order chi connectivity index (χ0) is 11.5. The molecule has 90 valence electrons. The second-order valence-electron chi connectivity index (χ2n) is 4.20. The van der Waals surface area contributed by atoms with Crippen molar-refractivity contribution in [2.75, 3.05) is 45.6 Å². The van der Waals surface area contributed by atoms with Crippen molar-refractivity contribution in [2.24, 2.45) is 0 Å². The molecule has 1 aliphatic heterocycles. The molecule has 2 N–H and O–H groups in total. The van der Waals surface area contributed by atoms with Gasteiger partial charge < -0.3 is 10.2 Å². The molecule has 0 amide bonds. The van der Waals surface area contributed by atoms with Gasteiger partial charge in [0.05, 0.1) is 0 Å². The molecule has 1 saturated heterocycles. The van der Waals surface area contributed by atoms with Gasteiger partial charge in [0, 0.05) is 32.2 Å². The summed E-state index contributed by atoms with van der Waals surface area (Å²) in [5, 5.41) is 11.1. The molecule has 0 saturated carbocycles. The van der Waals surface area contributed by atoms with Gasteiger partial charge in [-0.1, -0.05) is 11.3 Å². The summed E-state index contributed by atoms with van der Waals surface area (Å²) in [6.45, 7) is 4.28. The number of nitrogens with zero attached hydrogens (tertiary/aromatic N) is 3. The first kappa shape index (κ1) is 12.0. The lowest BCUT2D eigenvalue weighted by atomic mass is 10.2. The van der Waals surface area contributed by atoms with E-state index in [4.69, 9.17) is 12.2 Å². The minimum absolute atomic E-state index is 0.538. The number of aromatic amines is 1. The van der Waals surface area contributed by atoms with Crippen molar-refractivity contribution in [2.45, 2.75) is 6.04 Å². The zero-order valence-electron chi connectivity index (χ0n) is 9.56. The van der Waals surface area contributed by atoms with Gasteiger partial charge in [-0.15, -0.1) is 5.10 Å². The van der Waals surface area contributed by atoms with E-state index < -0.39 is 0 Å². The highest BCUT2D eigenvalue weighted by Crippen LogP contribution is 2.12. The van der Waals surface area contributed by atoms with Gasteiger partial charge in [0.25, 0.3) is 0 Å². The number of likely N-dealkylation sites (N-methyl/N-ethyl adjacent to an activating group) is 2. The maximum Gasteiger partial charge on any atom is 0.204 e. The molecule has 1 atom stereocenters. The Morgan fingerprint density at radius 2 is 2.38 bits per heavy atom. The summed E-state index contributed by atoms with van der Waals surface area (Å²) >= 11 is 6.47. The molecule has 0 spiro atoms. The highest BCUT2D eigenvalue weighted by molar-refractivity contribution is 7.73. The van der Waals surface area contributed by atoms with Crippen LogP contribution in [0, 0.1) is 3.95 Å². The van der Waals surface area contributed by atoms with Crippen molar-refractivity contribution < 1.29 is 0 Å². The fourth-order valence-corrected chi connectivity index (χ4v) is 2.63. The maximum absolute atomic E-state index is 4.99. The molecule has 0 aromatic carbocycles. The number of hydrogen-bond acceptors (Lipinski definition) is 6. The lowest BCUT2D eigenvalue weighted by Gasteiger charge is -2.37. The van der Waals surface area contributed by atoms with Gasteiger partial charge in [-0.2, -0.15) is 0 Å². The Morgan fingerprint density at radius 3 is 3.06 bits per heavy atom. The molecule has 1 unspecified atom stereocenters. The van der Waals surface area contributed by atoms with Crippen molar-refractivity contribution in [1.82, 2.24) is 20.0 Å². The Kier molecular flexibility index (Phi) is 3.91.